The monoisotopic (exact) mass is 265 g/mol. The van der Waals surface area contributed by atoms with Gasteiger partial charge in [-0.15, -0.1) is 0 Å². The van der Waals surface area contributed by atoms with Gasteiger partial charge in [0.05, 0.1) is 32.1 Å². The zero-order valence-corrected chi connectivity index (χ0v) is 11.5. The molecule has 0 saturated heterocycles. The van der Waals surface area contributed by atoms with Crippen LogP contribution in [0.15, 0.2) is 54.8 Å². The van der Waals surface area contributed by atoms with Crippen LogP contribution < -0.4 is 4.74 Å². The van der Waals surface area contributed by atoms with Crippen molar-refractivity contribution >= 4 is 5.57 Å². The van der Waals surface area contributed by atoms with Crippen molar-refractivity contribution in [2.45, 2.75) is 0 Å². The van der Waals surface area contributed by atoms with Crippen LogP contribution in [0.5, 0.6) is 5.75 Å². The first-order chi connectivity index (χ1) is 9.80. The number of hydrogen-bond donors (Lipinski definition) is 0. The number of nitrogens with zero attached hydrogens (tertiary/aromatic N) is 1. The van der Waals surface area contributed by atoms with E-state index < -0.39 is 0 Å². The number of hydrogen-bond acceptors (Lipinski definition) is 3. The molecule has 0 bridgehead atoms. The Labute approximate surface area is 118 Å². The average Bonchev–Trinajstić information content (AvgIpc) is 2.53. The molecule has 0 aliphatic rings. The summed E-state index contributed by atoms with van der Waals surface area (Å²) >= 11 is 0. The van der Waals surface area contributed by atoms with Crippen molar-refractivity contribution in [2.75, 3.05) is 14.2 Å². The minimum Gasteiger partial charge on any atom is -0.504 e. The van der Waals surface area contributed by atoms with Gasteiger partial charge in [0, 0.05) is 11.1 Å². The molecular formula is C17H15NO2. The van der Waals surface area contributed by atoms with E-state index in [0.29, 0.717) is 5.56 Å². The van der Waals surface area contributed by atoms with Crippen LogP contribution in [0.2, 0.25) is 0 Å². The number of nitriles is 1. The van der Waals surface area contributed by atoms with E-state index in [1.165, 1.54) is 0 Å². The third-order valence-electron chi connectivity index (χ3n) is 2.97. The van der Waals surface area contributed by atoms with E-state index in [1.54, 1.807) is 26.5 Å². The highest BCUT2D eigenvalue weighted by atomic mass is 16.5. The van der Waals surface area contributed by atoms with Gasteiger partial charge >= 0.3 is 0 Å². The molecule has 0 N–H and O–H groups in total. The number of rotatable bonds is 4. The molecule has 2 aromatic rings. The minimum absolute atomic E-state index is 0.617. The predicted octanol–water partition coefficient (Wildman–Crippen LogP) is 3.60. The summed E-state index contributed by atoms with van der Waals surface area (Å²) in [7, 11) is 3.23. The van der Waals surface area contributed by atoms with E-state index in [4.69, 9.17) is 9.47 Å². The van der Waals surface area contributed by atoms with Gasteiger partial charge in [-0.3, -0.25) is 0 Å². The lowest BCUT2D eigenvalue weighted by Gasteiger charge is -2.10. The fourth-order valence-corrected chi connectivity index (χ4v) is 1.99. The van der Waals surface area contributed by atoms with E-state index in [1.807, 2.05) is 42.5 Å². The summed E-state index contributed by atoms with van der Waals surface area (Å²) in [6, 6.07) is 17.3. The topological polar surface area (TPSA) is 42.2 Å². The van der Waals surface area contributed by atoms with E-state index in [-0.39, 0.29) is 0 Å². The first kappa shape index (κ1) is 13.7. The largest absolute Gasteiger partial charge is 0.504 e. The Balaban J connectivity index is 2.51. The molecule has 0 spiro atoms. The first-order valence-corrected chi connectivity index (χ1v) is 6.17. The van der Waals surface area contributed by atoms with Gasteiger partial charge in [-0.2, -0.15) is 5.26 Å². The van der Waals surface area contributed by atoms with Crippen molar-refractivity contribution in [1.82, 2.24) is 0 Å². The van der Waals surface area contributed by atoms with E-state index in [9.17, 15) is 5.26 Å². The molecule has 0 saturated carbocycles. The molecule has 0 heterocycles. The van der Waals surface area contributed by atoms with Crippen LogP contribution in [0, 0.1) is 11.3 Å². The highest BCUT2D eigenvalue weighted by Gasteiger charge is 2.10. The van der Waals surface area contributed by atoms with Crippen LogP contribution >= 0.6 is 0 Å². The molecule has 20 heavy (non-hydrogen) atoms. The molecule has 0 unspecified atom stereocenters. The fraction of sp³-hybridized carbons (Fsp3) is 0.118. The highest BCUT2D eigenvalue weighted by Crippen LogP contribution is 2.27. The molecule has 0 fully saturated rings. The molecule has 0 aliphatic carbocycles. The first-order valence-electron chi connectivity index (χ1n) is 6.17. The maximum Gasteiger partial charge on any atom is 0.118 e. The summed E-state index contributed by atoms with van der Waals surface area (Å²) in [5.74, 6) is 0.791. The molecule has 3 heteroatoms. The summed E-state index contributed by atoms with van der Waals surface area (Å²) < 4.78 is 10.3. The lowest BCUT2D eigenvalue weighted by atomic mass is 9.95. The zero-order chi connectivity index (χ0) is 14.4. The summed E-state index contributed by atoms with van der Waals surface area (Å²) in [6.07, 6.45) is 1.65. The van der Waals surface area contributed by atoms with Gasteiger partial charge in [0.15, 0.2) is 0 Å². The standard InChI is InChI=1S/C17H15NO2/c1-19-12-17(13-7-9-15(20-2)10-8-13)16-6-4-3-5-14(16)11-18/h3-10,12H,1-2H3/b17-12-. The Morgan fingerprint density at radius 1 is 1.05 bits per heavy atom. The second-order valence-corrected chi connectivity index (χ2v) is 4.15. The summed E-state index contributed by atoms with van der Waals surface area (Å²) in [5, 5.41) is 9.23. The molecule has 0 aliphatic heterocycles. The van der Waals surface area contributed by atoms with Gasteiger partial charge in [-0.25, -0.2) is 0 Å². The van der Waals surface area contributed by atoms with Gasteiger partial charge in [-0.05, 0) is 23.8 Å². The van der Waals surface area contributed by atoms with Crippen LogP contribution in [-0.4, -0.2) is 14.2 Å². The smallest absolute Gasteiger partial charge is 0.118 e. The molecule has 0 aromatic heterocycles. The maximum atomic E-state index is 9.23. The van der Waals surface area contributed by atoms with Crippen molar-refractivity contribution in [1.29, 1.82) is 5.26 Å². The zero-order valence-electron chi connectivity index (χ0n) is 11.5. The molecule has 0 atom stereocenters. The van der Waals surface area contributed by atoms with E-state index in [0.717, 1.165) is 22.4 Å². The second kappa shape index (κ2) is 6.44. The Hall–Kier alpha value is -2.73. The molecule has 2 aromatic carbocycles. The third-order valence-corrected chi connectivity index (χ3v) is 2.97. The average molecular weight is 265 g/mol. The number of benzene rings is 2. The Morgan fingerprint density at radius 3 is 2.35 bits per heavy atom. The SMILES string of the molecule is CO/C=C(/c1ccc(OC)cc1)c1ccccc1C#N. The number of methoxy groups -OCH3 is 2. The van der Waals surface area contributed by atoms with Crippen molar-refractivity contribution in [3.05, 3.63) is 71.5 Å². The van der Waals surface area contributed by atoms with Crippen LogP contribution in [0.3, 0.4) is 0 Å². The molecule has 2 rings (SSSR count). The van der Waals surface area contributed by atoms with Gasteiger partial charge in [0.1, 0.15) is 5.75 Å². The van der Waals surface area contributed by atoms with Gasteiger partial charge in [0.25, 0.3) is 0 Å². The highest BCUT2D eigenvalue weighted by molar-refractivity contribution is 5.82. The van der Waals surface area contributed by atoms with E-state index >= 15 is 0 Å². The normalized spacial score (nSPS) is 10.8. The fourth-order valence-electron chi connectivity index (χ4n) is 1.99. The molecule has 0 amide bonds. The summed E-state index contributed by atoms with van der Waals surface area (Å²) in [5.41, 5.74) is 3.30. The summed E-state index contributed by atoms with van der Waals surface area (Å²) in [4.78, 5) is 0. The van der Waals surface area contributed by atoms with Crippen molar-refractivity contribution < 1.29 is 9.47 Å². The summed E-state index contributed by atoms with van der Waals surface area (Å²) in [6.45, 7) is 0. The van der Waals surface area contributed by atoms with Gasteiger partial charge in [-0.1, -0.05) is 30.3 Å². The van der Waals surface area contributed by atoms with Gasteiger partial charge in [0.2, 0.25) is 0 Å². The maximum absolute atomic E-state index is 9.23. The second-order valence-electron chi connectivity index (χ2n) is 4.15. The minimum atomic E-state index is 0.617. The molecule has 0 radical (unpaired) electrons. The van der Waals surface area contributed by atoms with Crippen molar-refractivity contribution in [3.63, 3.8) is 0 Å². The van der Waals surface area contributed by atoms with Gasteiger partial charge < -0.3 is 9.47 Å². The quantitative estimate of drug-likeness (QED) is 0.793. The van der Waals surface area contributed by atoms with E-state index in [2.05, 4.69) is 6.07 Å². The molecule has 3 nitrogen and oxygen atoms in total. The van der Waals surface area contributed by atoms with Crippen LogP contribution in [0.25, 0.3) is 5.57 Å². The Bertz CT molecular complexity index is 651. The predicted molar refractivity (Wildman–Crippen MR) is 78.2 cm³/mol. The third kappa shape index (κ3) is 2.81. The number of ether oxygens (including phenoxy) is 2. The molecular weight excluding hydrogens is 250 g/mol. The van der Waals surface area contributed by atoms with Crippen LogP contribution in [0.4, 0.5) is 0 Å². The Kier molecular flexibility index (Phi) is 4.41. The van der Waals surface area contributed by atoms with Crippen molar-refractivity contribution in [2.24, 2.45) is 0 Å². The van der Waals surface area contributed by atoms with Crippen LogP contribution in [0.1, 0.15) is 16.7 Å². The molecule has 100 valence electrons. The lowest BCUT2D eigenvalue weighted by molar-refractivity contribution is 0.340. The lowest BCUT2D eigenvalue weighted by Crippen LogP contribution is -1.93. The van der Waals surface area contributed by atoms with Crippen LogP contribution in [-0.2, 0) is 4.74 Å². The van der Waals surface area contributed by atoms with Crippen molar-refractivity contribution in [3.8, 4) is 11.8 Å². The Morgan fingerprint density at radius 2 is 1.75 bits per heavy atom.